The van der Waals surface area contributed by atoms with E-state index in [0.717, 1.165) is 17.1 Å². The van der Waals surface area contributed by atoms with Crippen LogP contribution in [0.1, 0.15) is 18.5 Å². The number of nitrogens with zero attached hydrogens (tertiary/aromatic N) is 1. The number of carbonyl (C=O) groups is 1. The molecular weight excluding hydrogens is 346 g/mol. The van der Waals surface area contributed by atoms with Crippen LogP contribution in [0.25, 0.3) is 11.5 Å². The fraction of sp³-hybridized carbons (Fsp3) is 0.238. The van der Waals surface area contributed by atoms with E-state index in [9.17, 15) is 4.79 Å². The zero-order chi connectivity index (χ0) is 18.9. The highest BCUT2D eigenvalue weighted by Gasteiger charge is 2.09. The average Bonchev–Trinajstić information content (AvgIpc) is 3.19. The molecule has 6 heteroatoms. The summed E-state index contributed by atoms with van der Waals surface area (Å²) in [6.07, 6.45) is 2.37. The molecule has 0 unspecified atom stereocenters. The molecule has 0 saturated heterocycles. The lowest BCUT2D eigenvalue weighted by Gasteiger charge is -2.05. The molecule has 27 heavy (non-hydrogen) atoms. The van der Waals surface area contributed by atoms with Crippen LogP contribution in [-0.4, -0.2) is 24.7 Å². The Morgan fingerprint density at radius 1 is 1.04 bits per heavy atom. The summed E-state index contributed by atoms with van der Waals surface area (Å²) < 4.78 is 21.3. The van der Waals surface area contributed by atoms with Crippen LogP contribution >= 0.6 is 0 Å². The molecule has 0 saturated carbocycles. The number of benzene rings is 2. The van der Waals surface area contributed by atoms with E-state index in [0.29, 0.717) is 24.6 Å². The van der Waals surface area contributed by atoms with E-state index in [1.165, 1.54) is 6.26 Å². The first-order chi connectivity index (χ1) is 13.2. The summed E-state index contributed by atoms with van der Waals surface area (Å²) in [5.74, 6) is 1.73. The SMILES string of the molecule is COc1ccc(-c2nc(COC(=O)CCCOc3ccccc3)co2)cc1. The number of hydrogen-bond acceptors (Lipinski definition) is 6. The Morgan fingerprint density at radius 3 is 2.56 bits per heavy atom. The third kappa shape index (κ3) is 5.60. The van der Waals surface area contributed by atoms with Gasteiger partial charge in [0.2, 0.25) is 5.89 Å². The predicted molar refractivity (Wildman–Crippen MR) is 99.5 cm³/mol. The Kier molecular flexibility index (Phi) is 6.46. The van der Waals surface area contributed by atoms with Crippen molar-refractivity contribution in [3.05, 3.63) is 66.6 Å². The fourth-order valence-electron chi connectivity index (χ4n) is 2.39. The largest absolute Gasteiger partial charge is 0.497 e. The molecule has 140 valence electrons. The summed E-state index contributed by atoms with van der Waals surface area (Å²) in [6.45, 7) is 0.544. The molecular formula is C21H21NO5. The number of ether oxygens (including phenoxy) is 3. The van der Waals surface area contributed by atoms with Crippen LogP contribution in [0.2, 0.25) is 0 Å². The van der Waals surface area contributed by atoms with Gasteiger partial charge < -0.3 is 18.6 Å². The summed E-state index contributed by atoms with van der Waals surface area (Å²) >= 11 is 0. The Labute approximate surface area is 157 Å². The molecule has 6 nitrogen and oxygen atoms in total. The molecule has 1 heterocycles. The van der Waals surface area contributed by atoms with Gasteiger partial charge in [-0.1, -0.05) is 18.2 Å². The van der Waals surface area contributed by atoms with E-state index in [2.05, 4.69) is 4.98 Å². The number of esters is 1. The van der Waals surface area contributed by atoms with Crippen molar-refractivity contribution in [1.82, 2.24) is 4.98 Å². The summed E-state index contributed by atoms with van der Waals surface area (Å²) in [5, 5.41) is 0. The number of aromatic nitrogens is 1. The summed E-state index contributed by atoms with van der Waals surface area (Å²) in [6, 6.07) is 16.9. The second-order valence-corrected chi connectivity index (χ2v) is 5.80. The topological polar surface area (TPSA) is 70.8 Å². The standard InChI is InChI=1S/C21H21NO5/c1-24-18-11-9-16(10-12-18)21-22-17(15-27-21)14-26-20(23)8-5-13-25-19-6-3-2-4-7-19/h2-4,6-7,9-12,15H,5,8,13-14H2,1H3. The normalized spacial score (nSPS) is 10.4. The molecule has 0 bridgehead atoms. The van der Waals surface area contributed by atoms with E-state index in [-0.39, 0.29) is 19.0 Å². The maximum atomic E-state index is 11.8. The third-order valence-electron chi connectivity index (χ3n) is 3.81. The van der Waals surface area contributed by atoms with Crippen molar-refractivity contribution < 1.29 is 23.4 Å². The molecule has 0 atom stereocenters. The molecule has 0 aliphatic rings. The number of para-hydroxylation sites is 1. The number of methoxy groups -OCH3 is 1. The van der Waals surface area contributed by atoms with Crippen molar-refractivity contribution in [1.29, 1.82) is 0 Å². The van der Waals surface area contributed by atoms with E-state index in [4.69, 9.17) is 18.6 Å². The number of oxazole rings is 1. The van der Waals surface area contributed by atoms with Gasteiger partial charge in [-0.2, -0.15) is 0 Å². The van der Waals surface area contributed by atoms with Crippen molar-refractivity contribution in [2.75, 3.05) is 13.7 Å². The van der Waals surface area contributed by atoms with Crippen molar-refractivity contribution in [3.8, 4) is 23.0 Å². The Hall–Kier alpha value is -3.28. The van der Waals surface area contributed by atoms with Crippen LogP contribution in [-0.2, 0) is 16.1 Å². The molecule has 0 radical (unpaired) electrons. The second-order valence-electron chi connectivity index (χ2n) is 5.80. The highest BCUT2D eigenvalue weighted by atomic mass is 16.5. The Bertz CT molecular complexity index is 843. The van der Waals surface area contributed by atoms with Crippen LogP contribution in [0.4, 0.5) is 0 Å². The van der Waals surface area contributed by atoms with Gasteiger partial charge in [0.15, 0.2) is 0 Å². The first-order valence-electron chi connectivity index (χ1n) is 8.67. The fourth-order valence-corrected chi connectivity index (χ4v) is 2.39. The summed E-state index contributed by atoms with van der Waals surface area (Å²) in [7, 11) is 1.61. The average molecular weight is 367 g/mol. The van der Waals surface area contributed by atoms with Crippen LogP contribution in [0.5, 0.6) is 11.5 Å². The summed E-state index contributed by atoms with van der Waals surface area (Å²) in [4.78, 5) is 16.2. The van der Waals surface area contributed by atoms with Crippen molar-refractivity contribution in [3.63, 3.8) is 0 Å². The molecule has 0 amide bonds. The zero-order valence-corrected chi connectivity index (χ0v) is 15.1. The van der Waals surface area contributed by atoms with Gasteiger partial charge >= 0.3 is 5.97 Å². The lowest BCUT2D eigenvalue weighted by molar-refractivity contribution is -0.145. The van der Waals surface area contributed by atoms with Crippen molar-refractivity contribution in [2.24, 2.45) is 0 Å². The Morgan fingerprint density at radius 2 is 1.81 bits per heavy atom. The number of rotatable bonds is 9. The van der Waals surface area contributed by atoms with Crippen molar-refractivity contribution >= 4 is 5.97 Å². The molecule has 2 aromatic carbocycles. The van der Waals surface area contributed by atoms with E-state index >= 15 is 0 Å². The van der Waals surface area contributed by atoms with E-state index < -0.39 is 0 Å². The quantitative estimate of drug-likeness (QED) is 0.416. The van der Waals surface area contributed by atoms with Crippen LogP contribution in [0, 0.1) is 0 Å². The van der Waals surface area contributed by atoms with Gasteiger partial charge in [-0.05, 0) is 42.8 Å². The molecule has 3 aromatic rings. The summed E-state index contributed by atoms with van der Waals surface area (Å²) in [5.41, 5.74) is 1.39. The van der Waals surface area contributed by atoms with Gasteiger partial charge in [-0.15, -0.1) is 0 Å². The van der Waals surface area contributed by atoms with Gasteiger partial charge in [-0.25, -0.2) is 4.98 Å². The molecule has 0 spiro atoms. The maximum Gasteiger partial charge on any atom is 0.306 e. The lowest BCUT2D eigenvalue weighted by Crippen LogP contribution is -2.07. The van der Waals surface area contributed by atoms with Crippen molar-refractivity contribution in [2.45, 2.75) is 19.4 Å². The molecule has 0 aliphatic heterocycles. The minimum Gasteiger partial charge on any atom is -0.497 e. The minimum absolute atomic E-state index is 0.0814. The number of hydrogen-bond donors (Lipinski definition) is 0. The predicted octanol–water partition coefficient (Wildman–Crippen LogP) is 4.25. The third-order valence-corrected chi connectivity index (χ3v) is 3.81. The van der Waals surface area contributed by atoms with Gasteiger partial charge in [-0.3, -0.25) is 4.79 Å². The van der Waals surface area contributed by atoms with E-state index in [1.807, 2.05) is 54.6 Å². The monoisotopic (exact) mass is 367 g/mol. The van der Waals surface area contributed by atoms with Gasteiger partial charge in [0.1, 0.15) is 30.1 Å². The number of carbonyl (C=O) groups excluding carboxylic acids is 1. The lowest BCUT2D eigenvalue weighted by atomic mass is 10.2. The zero-order valence-electron chi connectivity index (χ0n) is 15.1. The van der Waals surface area contributed by atoms with Crippen LogP contribution < -0.4 is 9.47 Å². The highest BCUT2D eigenvalue weighted by Crippen LogP contribution is 2.22. The second kappa shape index (κ2) is 9.43. The maximum absolute atomic E-state index is 11.8. The Balaban J connectivity index is 1.39. The molecule has 1 aromatic heterocycles. The molecule has 3 rings (SSSR count). The van der Waals surface area contributed by atoms with Crippen LogP contribution in [0.3, 0.4) is 0 Å². The van der Waals surface area contributed by atoms with E-state index in [1.54, 1.807) is 7.11 Å². The van der Waals surface area contributed by atoms with Crippen LogP contribution in [0.15, 0.2) is 65.3 Å². The molecule has 0 aliphatic carbocycles. The highest BCUT2D eigenvalue weighted by molar-refractivity contribution is 5.69. The molecule has 0 fully saturated rings. The van der Waals surface area contributed by atoms with Gasteiger partial charge in [0, 0.05) is 12.0 Å². The van der Waals surface area contributed by atoms with Gasteiger partial charge in [0.25, 0.3) is 0 Å². The molecule has 0 N–H and O–H groups in total. The minimum atomic E-state index is -0.291. The van der Waals surface area contributed by atoms with Gasteiger partial charge in [0.05, 0.1) is 13.7 Å². The first-order valence-corrected chi connectivity index (χ1v) is 8.67. The first kappa shape index (κ1) is 18.5. The smallest absolute Gasteiger partial charge is 0.306 e.